The standard InChI is InChI=1S/C14H30O4S/c1-4-9-13(2)10-7-5-6-8-11-14(3)12-18-19(15,16)17/h13-14H,4-12H2,1-3H3,(H,15,16,17)/p-1. The Balaban J connectivity index is 3.39. The van der Waals surface area contributed by atoms with Crippen LogP contribution in [0.4, 0.5) is 0 Å². The Bertz CT molecular complexity index is 301. The molecule has 0 aliphatic heterocycles. The van der Waals surface area contributed by atoms with Gasteiger partial charge in [-0.25, -0.2) is 8.42 Å². The predicted octanol–water partition coefficient (Wildman–Crippen LogP) is 3.88. The Hall–Kier alpha value is -0.130. The van der Waals surface area contributed by atoms with Crippen LogP contribution in [0.2, 0.25) is 0 Å². The summed E-state index contributed by atoms with van der Waals surface area (Å²) in [4.78, 5) is 0. The van der Waals surface area contributed by atoms with Gasteiger partial charge < -0.3 is 4.55 Å². The third-order valence-corrected chi connectivity index (χ3v) is 3.85. The van der Waals surface area contributed by atoms with Gasteiger partial charge in [-0.15, -0.1) is 0 Å². The van der Waals surface area contributed by atoms with Crippen LogP contribution in [0.1, 0.15) is 72.1 Å². The molecule has 4 nitrogen and oxygen atoms in total. The predicted molar refractivity (Wildman–Crippen MR) is 76.6 cm³/mol. The zero-order chi connectivity index (χ0) is 14.7. The summed E-state index contributed by atoms with van der Waals surface area (Å²) in [5.74, 6) is 0.960. The van der Waals surface area contributed by atoms with E-state index in [2.05, 4.69) is 18.0 Å². The van der Waals surface area contributed by atoms with Gasteiger partial charge in [0.25, 0.3) is 0 Å². The molecule has 0 aromatic heterocycles. The highest BCUT2D eigenvalue weighted by Gasteiger charge is 2.05. The Morgan fingerprint density at radius 3 is 1.95 bits per heavy atom. The highest BCUT2D eigenvalue weighted by molar-refractivity contribution is 7.80. The SMILES string of the molecule is CCCC(C)CCCCCCC(C)COS(=O)(=O)[O-]. The Kier molecular flexibility index (Phi) is 10.6. The fourth-order valence-corrected chi connectivity index (χ4v) is 2.66. The lowest BCUT2D eigenvalue weighted by Crippen LogP contribution is -2.11. The monoisotopic (exact) mass is 293 g/mol. The van der Waals surface area contributed by atoms with Crippen LogP contribution in [0.3, 0.4) is 0 Å². The molecule has 0 aromatic carbocycles. The Morgan fingerprint density at radius 2 is 1.47 bits per heavy atom. The van der Waals surface area contributed by atoms with Crippen molar-refractivity contribution >= 4 is 10.4 Å². The summed E-state index contributed by atoms with van der Waals surface area (Å²) in [5.41, 5.74) is 0. The van der Waals surface area contributed by atoms with Gasteiger partial charge in [0.05, 0.1) is 6.61 Å². The molecule has 0 N–H and O–H groups in total. The van der Waals surface area contributed by atoms with E-state index in [0.29, 0.717) is 0 Å². The second-order valence-electron chi connectivity index (χ2n) is 5.68. The maximum absolute atomic E-state index is 10.3. The first-order valence-electron chi connectivity index (χ1n) is 7.45. The van der Waals surface area contributed by atoms with Crippen LogP contribution >= 0.6 is 0 Å². The van der Waals surface area contributed by atoms with E-state index in [9.17, 15) is 13.0 Å². The van der Waals surface area contributed by atoms with Crippen molar-refractivity contribution in [1.29, 1.82) is 0 Å². The van der Waals surface area contributed by atoms with E-state index in [-0.39, 0.29) is 12.5 Å². The van der Waals surface area contributed by atoms with Crippen molar-refractivity contribution in [2.24, 2.45) is 11.8 Å². The molecule has 2 atom stereocenters. The minimum atomic E-state index is -4.52. The summed E-state index contributed by atoms with van der Waals surface area (Å²) >= 11 is 0. The lowest BCUT2D eigenvalue weighted by molar-refractivity contribution is 0.218. The van der Waals surface area contributed by atoms with E-state index in [4.69, 9.17) is 0 Å². The molecule has 0 aliphatic rings. The first-order chi connectivity index (χ1) is 8.85. The molecule has 2 unspecified atom stereocenters. The summed E-state index contributed by atoms with van der Waals surface area (Å²) < 4.78 is 35.1. The molecule has 0 heterocycles. The van der Waals surface area contributed by atoms with Gasteiger partial charge in [-0.3, -0.25) is 4.18 Å². The summed E-state index contributed by atoms with van der Waals surface area (Å²) in [6.07, 6.45) is 9.57. The summed E-state index contributed by atoms with van der Waals surface area (Å²) in [5, 5.41) is 0. The minimum Gasteiger partial charge on any atom is -0.726 e. The van der Waals surface area contributed by atoms with Crippen LogP contribution in [0, 0.1) is 11.8 Å². The van der Waals surface area contributed by atoms with Crippen molar-refractivity contribution in [1.82, 2.24) is 0 Å². The third kappa shape index (κ3) is 14.1. The third-order valence-electron chi connectivity index (χ3n) is 3.42. The average Bonchev–Trinajstić information content (AvgIpc) is 2.30. The van der Waals surface area contributed by atoms with Crippen LogP contribution in [0.25, 0.3) is 0 Å². The van der Waals surface area contributed by atoms with Crippen molar-refractivity contribution < 1.29 is 17.2 Å². The molecule has 0 rings (SSSR count). The normalized spacial score (nSPS) is 15.4. The van der Waals surface area contributed by atoms with Gasteiger partial charge in [-0.05, 0) is 18.3 Å². The molecule has 0 saturated carbocycles. The van der Waals surface area contributed by atoms with Crippen LogP contribution in [0.5, 0.6) is 0 Å². The van der Waals surface area contributed by atoms with Crippen molar-refractivity contribution in [3.63, 3.8) is 0 Å². The molecule has 0 spiro atoms. The van der Waals surface area contributed by atoms with Crippen molar-refractivity contribution in [3.05, 3.63) is 0 Å². The Labute approximate surface area is 118 Å². The second-order valence-corrected chi connectivity index (χ2v) is 6.74. The van der Waals surface area contributed by atoms with E-state index >= 15 is 0 Å². The average molecular weight is 293 g/mol. The topological polar surface area (TPSA) is 66.4 Å². The van der Waals surface area contributed by atoms with Crippen LogP contribution < -0.4 is 0 Å². The molecule has 0 aliphatic carbocycles. The van der Waals surface area contributed by atoms with Gasteiger partial charge in [0.2, 0.25) is 10.4 Å². The van der Waals surface area contributed by atoms with Gasteiger partial charge in [-0.1, -0.05) is 65.7 Å². The van der Waals surface area contributed by atoms with Crippen molar-refractivity contribution in [2.75, 3.05) is 6.61 Å². The highest BCUT2D eigenvalue weighted by Crippen LogP contribution is 2.17. The first kappa shape index (κ1) is 18.9. The minimum absolute atomic E-state index is 0.0133. The van der Waals surface area contributed by atoms with E-state index in [1.807, 2.05) is 6.92 Å². The van der Waals surface area contributed by atoms with Crippen LogP contribution in [-0.4, -0.2) is 19.6 Å². The molecular formula is C14H29O4S-. The largest absolute Gasteiger partial charge is 0.726 e. The van der Waals surface area contributed by atoms with Crippen molar-refractivity contribution in [2.45, 2.75) is 72.1 Å². The maximum atomic E-state index is 10.3. The molecule has 0 amide bonds. The molecule has 19 heavy (non-hydrogen) atoms. The molecule has 0 aromatic rings. The maximum Gasteiger partial charge on any atom is 0.217 e. The van der Waals surface area contributed by atoms with Gasteiger partial charge >= 0.3 is 0 Å². The second kappa shape index (κ2) is 10.6. The summed E-state index contributed by atoms with van der Waals surface area (Å²) in [6.45, 7) is 6.46. The molecule has 5 heteroatoms. The van der Waals surface area contributed by atoms with Gasteiger partial charge in [0, 0.05) is 0 Å². The lowest BCUT2D eigenvalue weighted by atomic mass is 9.97. The smallest absolute Gasteiger partial charge is 0.217 e. The van der Waals surface area contributed by atoms with E-state index in [0.717, 1.165) is 18.8 Å². The van der Waals surface area contributed by atoms with E-state index in [1.54, 1.807) is 0 Å². The van der Waals surface area contributed by atoms with E-state index < -0.39 is 10.4 Å². The van der Waals surface area contributed by atoms with E-state index in [1.165, 1.54) is 38.5 Å². The number of unbranched alkanes of at least 4 members (excludes halogenated alkanes) is 3. The molecule has 0 radical (unpaired) electrons. The van der Waals surface area contributed by atoms with Gasteiger partial charge in [0.1, 0.15) is 0 Å². The van der Waals surface area contributed by atoms with Gasteiger partial charge in [0.15, 0.2) is 0 Å². The fraction of sp³-hybridized carbons (Fsp3) is 1.00. The van der Waals surface area contributed by atoms with Crippen molar-refractivity contribution in [3.8, 4) is 0 Å². The quantitative estimate of drug-likeness (QED) is 0.311. The number of hydrogen-bond donors (Lipinski definition) is 0. The lowest BCUT2D eigenvalue weighted by Gasteiger charge is -2.13. The van der Waals surface area contributed by atoms with Crippen LogP contribution in [0.15, 0.2) is 0 Å². The highest BCUT2D eigenvalue weighted by atomic mass is 32.3. The molecular weight excluding hydrogens is 264 g/mol. The summed E-state index contributed by atoms with van der Waals surface area (Å²) in [7, 11) is -4.52. The molecule has 116 valence electrons. The molecule has 0 fully saturated rings. The first-order valence-corrected chi connectivity index (χ1v) is 8.78. The zero-order valence-corrected chi connectivity index (χ0v) is 13.4. The molecule has 0 saturated heterocycles. The van der Waals surface area contributed by atoms with Gasteiger partial charge in [-0.2, -0.15) is 0 Å². The Morgan fingerprint density at radius 1 is 0.947 bits per heavy atom. The zero-order valence-electron chi connectivity index (χ0n) is 12.6. The summed E-state index contributed by atoms with van der Waals surface area (Å²) in [6, 6.07) is 0. The molecule has 0 bridgehead atoms. The number of hydrogen-bond acceptors (Lipinski definition) is 4. The van der Waals surface area contributed by atoms with Crippen LogP contribution in [-0.2, 0) is 14.6 Å². The number of rotatable bonds is 12. The fourth-order valence-electron chi connectivity index (χ4n) is 2.26.